The zero-order valence-corrected chi connectivity index (χ0v) is 9.09. The summed E-state index contributed by atoms with van der Waals surface area (Å²) in [6.45, 7) is -0.612. The van der Waals surface area contributed by atoms with Gasteiger partial charge in [0.25, 0.3) is 0 Å². The molecule has 0 bridgehead atoms. The standard InChI is InChI=1S/C8H13N3O7/c9-7(16)10-8(17)11(2-13)6-5(15)4(14)3(1-12)18-6/h2-6,12,14-15H,1H2,(H3,9,10,16,17)/t3-,4-,5-,6?/m1/s1. The summed E-state index contributed by atoms with van der Waals surface area (Å²) in [6, 6.07) is -2.41. The SMILES string of the molecule is NC(=O)NC(=O)N(C=O)C1O[C@H](CO)[C@@H](O)[C@H]1O. The smallest absolute Gasteiger partial charge is 0.334 e. The lowest BCUT2D eigenvalue weighted by molar-refractivity contribution is -0.132. The molecule has 1 rings (SSSR count). The van der Waals surface area contributed by atoms with Crippen molar-refractivity contribution in [2.75, 3.05) is 6.61 Å². The monoisotopic (exact) mass is 263 g/mol. The zero-order valence-electron chi connectivity index (χ0n) is 9.09. The minimum absolute atomic E-state index is 0.00135. The van der Waals surface area contributed by atoms with Crippen LogP contribution >= 0.6 is 0 Å². The van der Waals surface area contributed by atoms with Crippen LogP contribution in [0.3, 0.4) is 0 Å². The van der Waals surface area contributed by atoms with Gasteiger partial charge in [-0.05, 0) is 0 Å². The summed E-state index contributed by atoms with van der Waals surface area (Å²) in [6.07, 6.45) is -5.74. The predicted molar refractivity (Wildman–Crippen MR) is 53.8 cm³/mol. The van der Waals surface area contributed by atoms with Crippen LogP contribution in [0.15, 0.2) is 0 Å². The predicted octanol–water partition coefficient (Wildman–Crippen LogP) is -3.33. The van der Waals surface area contributed by atoms with E-state index in [1.165, 1.54) is 0 Å². The summed E-state index contributed by atoms with van der Waals surface area (Å²) in [7, 11) is 0. The number of nitrogens with two attached hydrogens (primary N) is 1. The molecule has 10 nitrogen and oxygen atoms in total. The molecule has 0 radical (unpaired) electrons. The van der Waals surface area contributed by atoms with Gasteiger partial charge < -0.3 is 25.8 Å². The van der Waals surface area contributed by atoms with Crippen molar-refractivity contribution in [3.8, 4) is 0 Å². The van der Waals surface area contributed by atoms with Crippen LogP contribution in [-0.4, -0.2) is 69.8 Å². The van der Waals surface area contributed by atoms with Crippen LogP contribution < -0.4 is 11.1 Å². The highest BCUT2D eigenvalue weighted by Crippen LogP contribution is 2.23. The fourth-order valence-corrected chi connectivity index (χ4v) is 1.50. The Balaban J connectivity index is 2.80. The molecule has 6 N–H and O–H groups in total. The molecule has 0 saturated carbocycles. The van der Waals surface area contributed by atoms with Gasteiger partial charge in [0.1, 0.15) is 18.3 Å². The summed E-state index contributed by atoms with van der Waals surface area (Å²) in [4.78, 5) is 32.9. The number of carbonyl (C=O) groups excluding carboxylic acids is 3. The molecular weight excluding hydrogens is 250 g/mol. The van der Waals surface area contributed by atoms with E-state index in [0.29, 0.717) is 4.90 Å². The first-order chi connectivity index (χ1) is 8.42. The normalized spacial score (nSPS) is 30.8. The highest BCUT2D eigenvalue weighted by atomic mass is 16.6. The van der Waals surface area contributed by atoms with Crippen molar-refractivity contribution in [3.63, 3.8) is 0 Å². The van der Waals surface area contributed by atoms with Crippen molar-refractivity contribution in [2.45, 2.75) is 24.5 Å². The quantitative estimate of drug-likeness (QED) is 0.332. The Bertz CT molecular complexity index is 350. The molecule has 102 valence electrons. The summed E-state index contributed by atoms with van der Waals surface area (Å²) in [5.74, 6) is 0. The van der Waals surface area contributed by atoms with E-state index >= 15 is 0 Å². The zero-order chi connectivity index (χ0) is 13.9. The molecule has 5 amide bonds. The number of carbonyl (C=O) groups is 3. The Labute approximate surface area is 101 Å². The Morgan fingerprint density at radius 1 is 1.39 bits per heavy atom. The number of aliphatic hydroxyl groups is 3. The van der Waals surface area contributed by atoms with Gasteiger partial charge in [-0.2, -0.15) is 0 Å². The molecule has 10 heteroatoms. The highest BCUT2D eigenvalue weighted by Gasteiger charge is 2.46. The molecule has 1 aliphatic rings. The van der Waals surface area contributed by atoms with Crippen LogP contribution in [0.1, 0.15) is 0 Å². The Kier molecular flexibility index (Phi) is 4.55. The first-order valence-corrected chi connectivity index (χ1v) is 4.88. The molecule has 1 heterocycles. The van der Waals surface area contributed by atoms with E-state index in [-0.39, 0.29) is 6.41 Å². The largest absolute Gasteiger partial charge is 0.394 e. The average Bonchev–Trinajstić information content (AvgIpc) is 2.57. The molecule has 18 heavy (non-hydrogen) atoms. The molecule has 1 fully saturated rings. The second kappa shape index (κ2) is 5.73. The fraction of sp³-hybridized carbons (Fsp3) is 0.625. The lowest BCUT2D eigenvalue weighted by atomic mass is 10.1. The maximum Gasteiger partial charge on any atom is 0.334 e. The Morgan fingerprint density at radius 2 is 2.00 bits per heavy atom. The van der Waals surface area contributed by atoms with Crippen LogP contribution in [0.25, 0.3) is 0 Å². The summed E-state index contributed by atoms with van der Waals surface area (Å²) >= 11 is 0. The third-order valence-corrected chi connectivity index (χ3v) is 2.37. The van der Waals surface area contributed by atoms with Crippen molar-refractivity contribution in [3.05, 3.63) is 0 Å². The van der Waals surface area contributed by atoms with Crippen molar-refractivity contribution >= 4 is 18.5 Å². The number of primary amides is 1. The van der Waals surface area contributed by atoms with Gasteiger partial charge in [-0.15, -0.1) is 0 Å². The minimum atomic E-state index is -1.61. The number of ether oxygens (including phenoxy) is 1. The van der Waals surface area contributed by atoms with Crippen LogP contribution in [-0.2, 0) is 9.53 Å². The highest BCUT2D eigenvalue weighted by molar-refractivity contribution is 5.96. The third kappa shape index (κ3) is 2.73. The number of rotatable bonds is 3. The van der Waals surface area contributed by atoms with Gasteiger partial charge >= 0.3 is 12.1 Å². The van der Waals surface area contributed by atoms with Gasteiger partial charge in [0.15, 0.2) is 6.23 Å². The van der Waals surface area contributed by atoms with Crippen LogP contribution in [0.4, 0.5) is 9.59 Å². The number of aliphatic hydroxyl groups excluding tert-OH is 3. The second-order valence-electron chi connectivity index (χ2n) is 3.54. The number of hydrogen-bond acceptors (Lipinski definition) is 7. The molecule has 0 aromatic carbocycles. The van der Waals surface area contributed by atoms with Crippen LogP contribution in [0.2, 0.25) is 0 Å². The minimum Gasteiger partial charge on any atom is -0.394 e. The average molecular weight is 263 g/mol. The first-order valence-electron chi connectivity index (χ1n) is 4.88. The molecule has 0 aliphatic carbocycles. The number of urea groups is 2. The number of nitrogens with zero attached hydrogens (tertiary/aromatic N) is 1. The maximum atomic E-state index is 11.4. The van der Waals surface area contributed by atoms with Crippen molar-refractivity contribution in [1.82, 2.24) is 10.2 Å². The first kappa shape index (κ1) is 14.3. The fourth-order valence-electron chi connectivity index (χ4n) is 1.50. The molecule has 0 aromatic heterocycles. The van der Waals surface area contributed by atoms with Crippen molar-refractivity contribution < 1.29 is 34.4 Å². The van der Waals surface area contributed by atoms with E-state index in [1.54, 1.807) is 5.32 Å². The number of imide groups is 2. The molecule has 1 saturated heterocycles. The van der Waals surface area contributed by atoms with E-state index in [1.807, 2.05) is 0 Å². The lowest BCUT2D eigenvalue weighted by Crippen LogP contribution is -2.52. The van der Waals surface area contributed by atoms with Gasteiger partial charge in [-0.25, -0.2) is 14.5 Å². The molecule has 1 unspecified atom stereocenters. The van der Waals surface area contributed by atoms with Crippen LogP contribution in [0, 0.1) is 0 Å². The topological polar surface area (TPSA) is 162 Å². The third-order valence-electron chi connectivity index (χ3n) is 2.37. The second-order valence-corrected chi connectivity index (χ2v) is 3.54. The summed E-state index contributed by atoms with van der Waals surface area (Å²) in [5.41, 5.74) is 4.69. The van der Waals surface area contributed by atoms with E-state index < -0.39 is 43.2 Å². The molecule has 0 aromatic rings. The van der Waals surface area contributed by atoms with Gasteiger partial charge in [-0.3, -0.25) is 10.1 Å². The van der Waals surface area contributed by atoms with Crippen molar-refractivity contribution in [1.29, 1.82) is 0 Å². The van der Waals surface area contributed by atoms with Gasteiger partial charge in [0.2, 0.25) is 6.41 Å². The Hall–Kier alpha value is -1.75. The van der Waals surface area contributed by atoms with E-state index in [0.717, 1.165) is 0 Å². The summed E-state index contributed by atoms with van der Waals surface area (Å²) < 4.78 is 4.92. The van der Waals surface area contributed by atoms with Gasteiger partial charge in [0, 0.05) is 0 Å². The van der Waals surface area contributed by atoms with Crippen LogP contribution in [0.5, 0.6) is 0 Å². The lowest BCUT2D eigenvalue weighted by Gasteiger charge is -2.24. The summed E-state index contributed by atoms with van der Waals surface area (Å²) in [5, 5.41) is 29.4. The number of nitrogens with one attached hydrogen (secondary N) is 1. The van der Waals surface area contributed by atoms with E-state index in [9.17, 15) is 24.6 Å². The van der Waals surface area contributed by atoms with Gasteiger partial charge in [-0.1, -0.05) is 0 Å². The van der Waals surface area contributed by atoms with E-state index in [2.05, 4.69) is 0 Å². The number of amides is 5. The molecular formula is C8H13N3O7. The van der Waals surface area contributed by atoms with E-state index in [4.69, 9.17) is 15.6 Å². The maximum absolute atomic E-state index is 11.4. The molecule has 4 atom stereocenters. The molecule has 1 aliphatic heterocycles. The van der Waals surface area contributed by atoms with Crippen molar-refractivity contribution in [2.24, 2.45) is 5.73 Å². The Morgan fingerprint density at radius 3 is 2.39 bits per heavy atom. The molecule has 0 spiro atoms. The van der Waals surface area contributed by atoms with Gasteiger partial charge in [0.05, 0.1) is 6.61 Å². The number of hydrogen-bond donors (Lipinski definition) is 5.